The van der Waals surface area contributed by atoms with Gasteiger partial charge < -0.3 is 14.2 Å². The molecule has 0 radical (unpaired) electrons. The first-order chi connectivity index (χ1) is 9.15. The monoisotopic (exact) mass is 308 g/mol. The third kappa shape index (κ3) is 4.64. The fourth-order valence-electron chi connectivity index (χ4n) is 1.61. The molecule has 0 amide bonds. The Hall–Kier alpha value is -0.830. The van der Waals surface area contributed by atoms with Crippen molar-refractivity contribution in [2.45, 2.75) is 25.6 Å². The van der Waals surface area contributed by atoms with Gasteiger partial charge in [-0.1, -0.05) is 0 Å². The molecule has 1 aliphatic rings. The van der Waals surface area contributed by atoms with Gasteiger partial charge in [-0.05, 0) is 13.3 Å². The van der Waals surface area contributed by atoms with E-state index in [2.05, 4.69) is 4.18 Å². The third-order valence-corrected chi connectivity index (χ3v) is 3.78. The molecular weight excluding hydrogens is 292 g/mol. The molecule has 0 saturated carbocycles. The van der Waals surface area contributed by atoms with E-state index in [4.69, 9.17) is 14.2 Å². The van der Waals surface area contributed by atoms with Gasteiger partial charge in [0.2, 0.25) is 0 Å². The summed E-state index contributed by atoms with van der Waals surface area (Å²) < 4.78 is 41.9. The van der Waals surface area contributed by atoms with Gasteiger partial charge in [-0.25, -0.2) is 8.42 Å². The predicted octanol–water partition coefficient (Wildman–Crippen LogP) is 1.23. The summed E-state index contributed by atoms with van der Waals surface area (Å²) in [5, 5.41) is 3.79. The fourth-order valence-corrected chi connectivity index (χ4v) is 2.68. The van der Waals surface area contributed by atoms with E-state index in [-0.39, 0.29) is 12.2 Å². The van der Waals surface area contributed by atoms with E-state index in [1.165, 1.54) is 11.3 Å². The third-order valence-electron chi connectivity index (χ3n) is 2.55. The summed E-state index contributed by atoms with van der Waals surface area (Å²) >= 11 is 1.53. The second-order valence-corrected chi connectivity index (χ2v) is 5.56. The lowest BCUT2D eigenvalue weighted by Gasteiger charge is -2.24. The Morgan fingerprint density at radius 2 is 2.26 bits per heavy atom. The molecule has 1 aliphatic heterocycles. The molecule has 0 spiro atoms. The van der Waals surface area contributed by atoms with Gasteiger partial charge in [-0.3, -0.25) is 4.18 Å². The highest BCUT2D eigenvalue weighted by Crippen LogP contribution is 2.35. The van der Waals surface area contributed by atoms with Crippen LogP contribution in [0.4, 0.5) is 0 Å². The molecule has 0 aromatic carbocycles. The average Bonchev–Trinajstić information content (AvgIpc) is 2.81. The van der Waals surface area contributed by atoms with Crippen molar-refractivity contribution in [2.24, 2.45) is 0 Å². The first-order valence-electron chi connectivity index (χ1n) is 5.89. The van der Waals surface area contributed by atoms with Crippen LogP contribution in [-0.2, 0) is 19.9 Å². The Kier molecular flexibility index (Phi) is 5.44. The van der Waals surface area contributed by atoms with E-state index in [1.54, 1.807) is 6.92 Å². The first kappa shape index (κ1) is 14.6. The van der Waals surface area contributed by atoms with Gasteiger partial charge in [0.1, 0.15) is 6.61 Å². The number of thiophene rings is 1. The van der Waals surface area contributed by atoms with Crippen LogP contribution < -0.4 is 9.47 Å². The molecule has 0 fully saturated rings. The molecule has 6 nitrogen and oxygen atoms in total. The van der Waals surface area contributed by atoms with E-state index in [9.17, 15) is 8.42 Å². The zero-order chi connectivity index (χ0) is 13.7. The van der Waals surface area contributed by atoms with Gasteiger partial charge in [0.25, 0.3) is 11.0 Å². The Bertz CT molecular complexity index is 462. The van der Waals surface area contributed by atoms with Crippen LogP contribution >= 0.6 is 11.3 Å². The van der Waals surface area contributed by atoms with Gasteiger partial charge >= 0.3 is 0 Å². The maximum Gasteiger partial charge on any atom is 0.257 e. The molecule has 0 N–H and O–H groups in total. The smallest absolute Gasteiger partial charge is 0.257 e. The van der Waals surface area contributed by atoms with Crippen molar-refractivity contribution in [1.82, 2.24) is 0 Å². The summed E-state index contributed by atoms with van der Waals surface area (Å²) in [5.74, 6) is 1.53. The van der Waals surface area contributed by atoms with Crippen molar-refractivity contribution >= 4 is 22.3 Å². The van der Waals surface area contributed by atoms with Gasteiger partial charge in [-0.2, -0.15) is 0 Å². The van der Waals surface area contributed by atoms with Crippen molar-refractivity contribution < 1.29 is 26.8 Å². The van der Waals surface area contributed by atoms with E-state index >= 15 is 0 Å². The molecule has 2 heterocycles. The minimum atomic E-state index is -2.80. The van der Waals surface area contributed by atoms with Crippen LogP contribution in [-0.4, -0.2) is 40.4 Å². The van der Waals surface area contributed by atoms with Crippen LogP contribution in [0.15, 0.2) is 10.8 Å². The molecule has 0 saturated heterocycles. The largest absolute Gasteiger partial charge is 0.485 e. The van der Waals surface area contributed by atoms with Crippen molar-refractivity contribution in [3.63, 3.8) is 0 Å². The normalized spacial score (nSPS) is 19.6. The van der Waals surface area contributed by atoms with Crippen LogP contribution in [0, 0.1) is 0 Å². The summed E-state index contributed by atoms with van der Waals surface area (Å²) in [6.07, 6.45) is 0.0169. The maximum atomic E-state index is 10.3. The summed E-state index contributed by atoms with van der Waals surface area (Å²) in [7, 11) is -2.80. The average molecular weight is 308 g/mol. The molecule has 2 unspecified atom stereocenters. The summed E-state index contributed by atoms with van der Waals surface area (Å²) in [5.41, 5.74) is 0. The van der Waals surface area contributed by atoms with Crippen LogP contribution in [0.2, 0.25) is 0 Å². The lowest BCUT2D eigenvalue weighted by molar-refractivity contribution is 0.00334. The lowest BCUT2D eigenvalue weighted by atomic mass is 10.3. The molecule has 1 aromatic rings. The molecule has 108 valence electrons. The van der Waals surface area contributed by atoms with Crippen molar-refractivity contribution in [3.05, 3.63) is 10.8 Å². The van der Waals surface area contributed by atoms with Crippen molar-refractivity contribution in [3.8, 4) is 11.5 Å². The summed E-state index contributed by atoms with van der Waals surface area (Å²) in [6, 6.07) is 0. The van der Waals surface area contributed by atoms with Crippen molar-refractivity contribution in [2.75, 3.05) is 19.8 Å². The van der Waals surface area contributed by atoms with Crippen LogP contribution in [0.5, 0.6) is 11.5 Å². The topological polar surface area (TPSA) is 71.1 Å². The number of hydrogen-bond acceptors (Lipinski definition) is 7. The van der Waals surface area contributed by atoms with E-state index < -0.39 is 11.0 Å². The Balaban J connectivity index is 1.62. The zero-order valence-corrected chi connectivity index (χ0v) is 12.2. The Morgan fingerprint density at radius 1 is 1.47 bits per heavy atom. The van der Waals surface area contributed by atoms with Crippen LogP contribution in [0.25, 0.3) is 0 Å². The van der Waals surface area contributed by atoms with E-state index in [1.807, 2.05) is 10.8 Å². The molecule has 2 rings (SSSR count). The van der Waals surface area contributed by atoms with Gasteiger partial charge in [0, 0.05) is 17.4 Å². The van der Waals surface area contributed by atoms with E-state index in [0.717, 1.165) is 11.5 Å². The number of thiol groups is 1. The second kappa shape index (κ2) is 7.09. The molecule has 2 atom stereocenters. The van der Waals surface area contributed by atoms with Crippen LogP contribution in [0.3, 0.4) is 0 Å². The molecule has 19 heavy (non-hydrogen) atoms. The summed E-state index contributed by atoms with van der Waals surface area (Å²) in [6.45, 7) is 2.97. The fraction of sp³-hybridized carbons (Fsp3) is 0.636. The zero-order valence-electron chi connectivity index (χ0n) is 10.4. The molecular formula is C11H16O6S2. The minimum Gasteiger partial charge on any atom is -0.485 e. The highest BCUT2D eigenvalue weighted by molar-refractivity contribution is 7.67. The quantitative estimate of drug-likeness (QED) is 0.603. The highest BCUT2D eigenvalue weighted by atomic mass is 32.2. The second-order valence-electron chi connectivity index (χ2n) is 4.15. The molecule has 0 aliphatic carbocycles. The van der Waals surface area contributed by atoms with Gasteiger partial charge in [0.15, 0.2) is 17.6 Å². The standard InChI is InChI=1S/C11H16O6S2/c1-8(17-19(12)13)2-3-14-4-9-5-15-10-6-18-7-11(10)16-9/h6-9,19H,2-5H2,1H3. The maximum absolute atomic E-state index is 10.3. The van der Waals surface area contributed by atoms with Gasteiger partial charge in [0.05, 0.1) is 12.7 Å². The van der Waals surface area contributed by atoms with E-state index in [0.29, 0.717) is 26.2 Å². The highest BCUT2D eigenvalue weighted by Gasteiger charge is 2.21. The lowest BCUT2D eigenvalue weighted by Crippen LogP contribution is -2.33. The number of fused-ring (bicyclic) bond motifs is 1. The molecule has 0 bridgehead atoms. The van der Waals surface area contributed by atoms with Gasteiger partial charge in [-0.15, -0.1) is 11.3 Å². The number of rotatable bonds is 7. The number of hydrogen-bond donors (Lipinski definition) is 1. The number of ether oxygens (including phenoxy) is 3. The Labute approximate surface area is 117 Å². The minimum absolute atomic E-state index is 0.130. The van der Waals surface area contributed by atoms with Crippen molar-refractivity contribution in [1.29, 1.82) is 0 Å². The Morgan fingerprint density at radius 3 is 3.05 bits per heavy atom. The first-order valence-corrected chi connectivity index (χ1v) is 7.93. The van der Waals surface area contributed by atoms with Crippen LogP contribution in [0.1, 0.15) is 13.3 Å². The predicted molar refractivity (Wildman–Crippen MR) is 70.5 cm³/mol. The molecule has 1 aromatic heterocycles. The summed E-state index contributed by atoms with van der Waals surface area (Å²) in [4.78, 5) is 0. The molecule has 8 heteroatoms. The SMILES string of the molecule is CC(CCOCC1COc2cscc2O1)O[SH](=O)=O.